The van der Waals surface area contributed by atoms with Crippen molar-refractivity contribution in [3.05, 3.63) is 54.2 Å². The van der Waals surface area contributed by atoms with Gasteiger partial charge in [0.15, 0.2) is 0 Å². The highest BCUT2D eigenvalue weighted by Gasteiger charge is 2.41. The predicted octanol–water partition coefficient (Wildman–Crippen LogP) is 1.36. The van der Waals surface area contributed by atoms with Crippen molar-refractivity contribution in [1.82, 2.24) is 19.7 Å². The van der Waals surface area contributed by atoms with Crippen molar-refractivity contribution < 1.29 is 14.3 Å². The summed E-state index contributed by atoms with van der Waals surface area (Å²) in [5.74, 6) is 1.35. The molecule has 2 aliphatic heterocycles. The minimum absolute atomic E-state index is 0.0176. The zero-order valence-electron chi connectivity index (χ0n) is 15.2. The number of fused-ring (bicyclic) bond motifs is 1. The Morgan fingerprint density at radius 1 is 1.11 bits per heavy atom. The number of benzene rings is 1. The van der Waals surface area contributed by atoms with Gasteiger partial charge >= 0.3 is 0 Å². The van der Waals surface area contributed by atoms with Gasteiger partial charge in [-0.2, -0.15) is 0 Å². The van der Waals surface area contributed by atoms with E-state index in [4.69, 9.17) is 4.74 Å². The number of hydrogen-bond acceptors (Lipinski definition) is 5. The summed E-state index contributed by atoms with van der Waals surface area (Å²) in [6.07, 6.45) is 1.80. The monoisotopic (exact) mass is 366 g/mol. The molecule has 1 aromatic heterocycles. The van der Waals surface area contributed by atoms with Gasteiger partial charge in [0.1, 0.15) is 11.8 Å². The molecule has 2 aromatic rings. The number of rotatable bonds is 4. The Morgan fingerprint density at radius 3 is 2.67 bits per heavy atom. The lowest BCUT2D eigenvalue weighted by Gasteiger charge is -2.45. The van der Waals surface area contributed by atoms with Crippen molar-refractivity contribution in [2.45, 2.75) is 12.6 Å². The molecule has 1 atom stereocenters. The predicted molar refractivity (Wildman–Crippen MR) is 99.2 cm³/mol. The Morgan fingerprint density at radius 2 is 1.93 bits per heavy atom. The number of carbonyl (C=O) groups is 2. The fourth-order valence-electron chi connectivity index (χ4n) is 3.55. The molecule has 2 amide bonds. The van der Waals surface area contributed by atoms with Crippen molar-refractivity contribution in [2.75, 3.05) is 33.2 Å². The normalized spacial score (nSPS) is 20.6. The Bertz CT molecular complexity index is 825. The largest absolute Gasteiger partial charge is 0.439 e. The van der Waals surface area contributed by atoms with E-state index in [0.717, 1.165) is 17.9 Å². The van der Waals surface area contributed by atoms with Crippen molar-refractivity contribution in [3.63, 3.8) is 0 Å². The quantitative estimate of drug-likeness (QED) is 0.817. The maximum absolute atomic E-state index is 12.4. The molecule has 0 spiro atoms. The van der Waals surface area contributed by atoms with Crippen LogP contribution in [0.3, 0.4) is 0 Å². The third-order valence-corrected chi connectivity index (χ3v) is 4.99. The average Bonchev–Trinajstić information content (AvgIpc) is 2.68. The van der Waals surface area contributed by atoms with Gasteiger partial charge in [-0.15, -0.1) is 0 Å². The molecule has 140 valence electrons. The Kier molecular flexibility index (Phi) is 4.77. The Hall–Kier alpha value is -2.93. The summed E-state index contributed by atoms with van der Waals surface area (Å²) in [6.45, 7) is 2.76. The van der Waals surface area contributed by atoms with E-state index in [-0.39, 0.29) is 24.4 Å². The molecule has 0 unspecified atom stereocenters. The molecule has 1 aromatic carbocycles. The molecular formula is C20H22N4O3. The van der Waals surface area contributed by atoms with Crippen LogP contribution in [0.15, 0.2) is 48.7 Å². The van der Waals surface area contributed by atoms with Gasteiger partial charge in [-0.3, -0.25) is 14.5 Å². The van der Waals surface area contributed by atoms with Crippen LogP contribution >= 0.6 is 0 Å². The fourth-order valence-corrected chi connectivity index (χ4v) is 3.55. The fraction of sp³-hybridized carbons (Fsp3) is 0.350. The van der Waals surface area contributed by atoms with Crippen LogP contribution in [0.25, 0.3) is 0 Å². The molecule has 2 aliphatic rings. The zero-order valence-corrected chi connectivity index (χ0v) is 15.2. The smallest absolute Gasteiger partial charge is 0.246 e. The maximum atomic E-state index is 12.4. The number of carbonyl (C=O) groups excluding carboxylic acids is 2. The first-order chi connectivity index (χ1) is 13.1. The van der Waals surface area contributed by atoms with E-state index in [1.165, 1.54) is 4.90 Å². The molecule has 0 saturated carbocycles. The van der Waals surface area contributed by atoms with Crippen molar-refractivity contribution in [2.24, 2.45) is 0 Å². The number of ether oxygens (including phenoxy) is 1. The van der Waals surface area contributed by atoms with Crippen LogP contribution in [0, 0.1) is 0 Å². The van der Waals surface area contributed by atoms with Crippen molar-refractivity contribution >= 4 is 11.8 Å². The topological polar surface area (TPSA) is 66.0 Å². The molecule has 7 nitrogen and oxygen atoms in total. The van der Waals surface area contributed by atoms with E-state index in [2.05, 4.69) is 9.88 Å². The summed E-state index contributed by atoms with van der Waals surface area (Å²) in [7, 11) is 1.69. The molecule has 2 saturated heterocycles. The Labute approximate surface area is 158 Å². The van der Waals surface area contributed by atoms with Crippen molar-refractivity contribution in [3.8, 4) is 11.6 Å². The van der Waals surface area contributed by atoms with E-state index in [1.807, 2.05) is 42.5 Å². The molecule has 0 N–H and O–H groups in total. The van der Waals surface area contributed by atoms with Crippen LogP contribution in [-0.2, 0) is 16.1 Å². The molecule has 2 fully saturated rings. The minimum atomic E-state index is -0.376. The van der Waals surface area contributed by atoms with Crippen LogP contribution in [0.2, 0.25) is 0 Å². The van der Waals surface area contributed by atoms with Gasteiger partial charge in [0.2, 0.25) is 17.7 Å². The van der Waals surface area contributed by atoms with Crippen molar-refractivity contribution in [1.29, 1.82) is 0 Å². The summed E-state index contributed by atoms with van der Waals surface area (Å²) in [4.78, 5) is 34.3. The highest BCUT2D eigenvalue weighted by molar-refractivity contribution is 5.95. The first-order valence-electron chi connectivity index (χ1n) is 9.05. The zero-order chi connectivity index (χ0) is 18.8. The molecule has 0 radical (unpaired) electrons. The average molecular weight is 366 g/mol. The van der Waals surface area contributed by atoms with E-state index in [1.54, 1.807) is 18.1 Å². The second kappa shape index (κ2) is 7.36. The van der Waals surface area contributed by atoms with Crippen LogP contribution in [-0.4, -0.2) is 70.8 Å². The molecule has 4 rings (SSSR count). The van der Waals surface area contributed by atoms with Crippen LogP contribution < -0.4 is 4.74 Å². The Balaban J connectivity index is 1.38. The summed E-state index contributed by atoms with van der Waals surface area (Å²) in [6, 6.07) is 13.0. The maximum Gasteiger partial charge on any atom is 0.246 e. The number of nitrogens with zero attached hydrogens (tertiary/aromatic N) is 4. The van der Waals surface area contributed by atoms with Gasteiger partial charge in [0.05, 0.1) is 6.54 Å². The molecule has 27 heavy (non-hydrogen) atoms. The van der Waals surface area contributed by atoms with Gasteiger partial charge in [0.25, 0.3) is 0 Å². The highest BCUT2D eigenvalue weighted by atomic mass is 16.5. The number of piperazine rings is 2. The molecule has 3 heterocycles. The number of hydrogen-bond donors (Lipinski definition) is 0. The lowest BCUT2D eigenvalue weighted by Crippen LogP contribution is -2.65. The number of aromatic nitrogens is 1. The van der Waals surface area contributed by atoms with Crippen LogP contribution in [0.1, 0.15) is 5.56 Å². The second-order valence-electron chi connectivity index (χ2n) is 6.95. The summed E-state index contributed by atoms with van der Waals surface area (Å²) in [5, 5.41) is 0. The standard InChI is InChI=1S/C20H22N4O3/c1-22-14-19(25)24-10-9-23(13-17(24)20(22)26)12-15-7-8-18(21-11-15)27-16-5-3-2-4-6-16/h2-8,11,17H,9-10,12-14H2,1H3/t17-/m1/s1. The van der Waals surface area contributed by atoms with Gasteiger partial charge in [-0.1, -0.05) is 24.3 Å². The molecule has 7 heteroatoms. The molecule has 0 aliphatic carbocycles. The van der Waals surface area contributed by atoms with E-state index >= 15 is 0 Å². The summed E-state index contributed by atoms with van der Waals surface area (Å²) in [5.41, 5.74) is 1.05. The summed E-state index contributed by atoms with van der Waals surface area (Å²) < 4.78 is 5.71. The van der Waals surface area contributed by atoms with Gasteiger partial charge in [-0.05, 0) is 17.7 Å². The van der Waals surface area contributed by atoms with Crippen LogP contribution in [0.5, 0.6) is 11.6 Å². The number of pyridine rings is 1. The lowest BCUT2D eigenvalue weighted by atomic mass is 10.1. The van der Waals surface area contributed by atoms with E-state index < -0.39 is 0 Å². The second-order valence-corrected chi connectivity index (χ2v) is 6.95. The molecule has 0 bridgehead atoms. The number of likely N-dealkylation sites (N-methyl/N-ethyl adjacent to an activating group) is 1. The van der Waals surface area contributed by atoms with Crippen LogP contribution in [0.4, 0.5) is 0 Å². The number of amides is 2. The SMILES string of the molecule is CN1CC(=O)N2CCN(Cc3ccc(Oc4ccccc4)nc3)C[C@@H]2C1=O. The van der Waals surface area contributed by atoms with E-state index in [0.29, 0.717) is 25.5 Å². The minimum Gasteiger partial charge on any atom is -0.439 e. The third kappa shape index (κ3) is 3.78. The first kappa shape index (κ1) is 17.5. The number of para-hydroxylation sites is 1. The van der Waals surface area contributed by atoms with E-state index in [9.17, 15) is 9.59 Å². The first-order valence-corrected chi connectivity index (χ1v) is 9.05. The molecular weight excluding hydrogens is 344 g/mol. The van der Waals surface area contributed by atoms with Gasteiger partial charge < -0.3 is 14.5 Å². The highest BCUT2D eigenvalue weighted by Crippen LogP contribution is 2.21. The lowest BCUT2D eigenvalue weighted by molar-refractivity contribution is -0.158. The third-order valence-electron chi connectivity index (χ3n) is 4.99. The van der Waals surface area contributed by atoms with Gasteiger partial charge in [-0.25, -0.2) is 4.98 Å². The summed E-state index contributed by atoms with van der Waals surface area (Å²) >= 11 is 0. The van der Waals surface area contributed by atoms with Gasteiger partial charge in [0, 0.05) is 45.5 Å².